The molecule has 1 aromatic heterocycles. The highest BCUT2D eigenvalue weighted by Crippen LogP contribution is 2.08. The number of aromatic amines is 1. The van der Waals surface area contributed by atoms with Crippen LogP contribution in [0.15, 0.2) is 12.8 Å². The van der Waals surface area contributed by atoms with Gasteiger partial charge in [-0.3, -0.25) is 5.10 Å². The average molecular weight is 150 g/mol. The molecule has 1 N–H and O–H groups in total. The molecule has 0 amide bonds. The molecule has 0 unspecified atom stereocenters. The Kier molecular flexibility index (Phi) is 2.90. The van der Waals surface area contributed by atoms with Gasteiger partial charge >= 0.3 is 0 Å². The first-order chi connectivity index (χ1) is 5.38. The molecule has 0 fully saturated rings. The van der Waals surface area contributed by atoms with E-state index in [0.29, 0.717) is 0 Å². The Labute approximate surface area is 67.3 Å². The van der Waals surface area contributed by atoms with Gasteiger partial charge in [-0.25, -0.2) is 0 Å². The Bertz CT molecular complexity index is 225. The summed E-state index contributed by atoms with van der Waals surface area (Å²) < 4.78 is 0. The second-order valence-corrected chi connectivity index (χ2v) is 2.61. The third-order valence-electron chi connectivity index (χ3n) is 1.75. The largest absolute Gasteiger partial charge is 0.282 e. The van der Waals surface area contributed by atoms with Gasteiger partial charge in [0.05, 0.1) is 6.20 Å². The summed E-state index contributed by atoms with van der Waals surface area (Å²) in [5, 5.41) is 6.92. The summed E-state index contributed by atoms with van der Waals surface area (Å²) in [4.78, 5) is 0. The molecule has 0 aliphatic heterocycles. The number of nitrogens with zero attached hydrogens (tertiary/aromatic N) is 1. The smallest absolute Gasteiger partial charge is 0.0562 e. The molecule has 1 aromatic rings. The van der Waals surface area contributed by atoms with Crippen molar-refractivity contribution in [2.45, 2.75) is 26.2 Å². The van der Waals surface area contributed by atoms with Crippen molar-refractivity contribution < 1.29 is 0 Å². The number of rotatable bonds is 4. The Morgan fingerprint density at radius 1 is 1.73 bits per heavy atom. The summed E-state index contributed by atoms with van der Waals surface area (Å²) in [7, 11) is 0. The zero-order valence-electron chi connectivity index (χ0n) is 6.93. The van der Waals surface area contributed by atoms with E-state index in [-0.39, 0.29) is 0 Å². The van der Waals surface area contributed by atoms with E-state index in [9.17, 15) is 0 Å². The maximum absolute atomic E-state index is 3.95. The average Bonchev–Trinajstić information content (AvgIpc) is 2.47. The molecule has 0 bridgehead atoms. The van der Waals surface area contributed by atoms with Gasteiger partial charge in [0, 0.05) is 11.3 Å². The normalized spacial score (nSPS) is 9.91. The number of hydrogen-bond donors (Lipinski definition) is 1. The maximum Gasteiger partial charge on any atom is 0.0562 e. The zero-order chi connectivity index (χ0) is 8.10. The highest BCUT2D eigenvalue weighted by Gasteiger charge is 1.99. The van der Waals surface area contributed by atoms with Crippen molar-refractivity contribution in [1.82, 2.24) is 10.2 Å². The van der Waals surface area contributed by atoms with E-state index in [1.807, 2.05) is 12.3 Å². The lowest BCUT2D eigenvalue weighted by atomic mass is 10.1. The first-order valence-corrected chi connectivity index (χ1v) is 4.03. The summed E-state index contributed by atoms with van der Waals surface area (Å²) in [6.45, 7) is 5.90. The molecule has 11 heavy (non-hydrogen) atoms. The van der Waals surface area contributed by atoms with Crippen molar-refractivity contribution in [1.29, 1.82) is 0 Å². The Morgan fingerprint density at radius 2 is 2.55 bits per heavy atom. The van der Waals surface area contributed by atoms with Gasteiger partial charge in [-0.2, -0.15) is 5.10 Å². The number of aryl methyl sites for hydroxylation is 1. The molecule has 0 saturated carbocycles. The molecule has 0 aromatic carbocycles. The molecule has 0 saturated heterocycles. The minimum atomic E-state index is 1.08. The minimum Gasteiger partial charge on any atom is -0.282 e. The van der Waals surface area contributed by atoms with Crippen molar-refractivity contribution in [3.63, 3.8) is 0 Å². The van der Waals surface area contributed by atoms with Crippen LogP contribution in [0.2, 0.25) is 0 Å². The van der Waals surface area contributed by atoms with Gasteiger partial charge in [0.2, 0.25) is 0 Å². The first kappa shape index (κ1) is 8.05. The Morgan fingerprint density at radius 3 is 3.18 bits per heavy atom. The number of hydrogen-bond acceptors (Lipinski definition) is 1. The van der Waals surface area contributed by atoms with Crippen LogP contribution in [0.25, 0.3) is 6.08 Å². The van der Waals surface area contributed by atoms with Crippen LogP contribution in [-0.2, 0) is 6.42 Å². The van der Waals surface area contributed by atoms with Crippen LogP contribution in [0.3, 0.4) is 0 Å². The van der Waals surface area contributed by atoms with Crippen molar-refractivity contribution in [2.75, 3.05) is 0 Å². The SMILES string of the molecule is C=Cc1cn[nH]c1CCCC. The van der Waals surface area contributed by atoms with Gasteiger partial charge in [0.15, 0.2) is 0 Å². The fourth-order valence-electron chi connectivity index (χ4n) is 1.05. The Hall–Kier alpha value is -1.05. The molecule has 2 heteroatoms. The number of H-pyrrole nitrogens is 1. The van der Waals surface area contributed by atoms with Crippen molar-refractivity contribution >= 4 is 6.08 Å². The van der Waals surface area contributed by atoms with Crippen LogP contribution in [-0.4, -0.2) is 10.2 Å². The maximum atomic E-state index is 3.95. The van der Waals surface area contributed by atoms with E-state index >= 15 is 0 Å². The molecule has 0 spiro atoms. The van der Waals surface area contributed by atoms with Crippen molar-refractivity contribution in [3.05, 3.63) is 24.0 Å². The van der Waals surface area contributed by atoms with E-state index in [4.69, 9.17) is 0 Å². The lowest BCUT2D eigenvalue weighted by Crippen LogP contribution is -1.87. The zero-order valence-corrected chi connectivity index (χ0v) is 6.93. The highest BCUT2D eigenvalue weighted by atomic mass is 15.1. The standard InChI is InChI=1S/C9H14N2/c1-3-5-6-9-8(4-2)7-10-11-9/h4,7H,2-3,5-6H2,1H3,(H,10,11). The van der Waals surface area contributed by atoms with Crippen LogP contribution in [0.5, 0.6) is 0 Å². The fourth-order valence-corrected chi connectivity index (χ4v) is 1.05. The second kappa shape index (κ2) is 3.96. The molecule has 0 aliphatic rings. The molecular formula is C9H14N2. The summed E-state index contributed by atoms with van der Waals surface area (Å²) in [5.41, 5.74) is 2.35. The summed E-state index contributed by atoms with van der Waals surface area (Å²) >= 11 is 0. The Balaban J connectivity index is 2.61. The van der Waals surface area contributed by atoms with Gasteiger partial charge in [0.25, 0.3) is 0 Å². The number of nitrogens with one attached hydrogen (secondary N) is 1. The van der Waals surface area contributed by atoms with Gasteiger partial charge in [-0.05, 0) is 12.8 Å². The molecular weight excluding hydrogens is 136 g/mol. The molecule has 0 atom stereocenters. The molecule has 1 heterocycles. The van der Waals surface area contributed by atoms with Crippen LogP contribution >= 0.6 is 0 Å². The predicted octanol–water partition coefficient (Wildman–Crippen LogP) is 2.40. The van der Waals surface area contributed by atoms with Crippen LogP contribution < -0.4 is 0 Å². The summed E-state index contributed by atoms with van der Waals surface area (Å²) in [6, 6.07) is 0. The number of aromatic nitrogens is 2. The molecule has 60 valence electrons. The topological polar surface area (TPSA) is 28.7 Å². The summed E-state index contributed by atoms with van der Waals surface area (Å²) in [6.07, 6.45) is 7.17. The van der Waals surface area contributed by atoms with Crippen LogP contribution in [0.1, 0.15) is 31.0 Å². The number of unbranched alkanes of at least 4 members (excludes halogenated alkanes) is 1. The fraction of sp³-hybridized carbons (Fsp3) is 0.444. The monoisotopic (exact) mass is 150 g/mol. The van der Waals surface area contributed by atoms with Crippen LogP contribution in [0.4, 0.5) is 0 Å². The third kappa shape index (κ3) is 1.93. The second-order valence-electron chi connectivity index (χ2n) is 2.61. The van der Waals surface area contributed by atoms with E-state index in [1.54, 1.807) is 0 Å². The van der Waals surface area contributed by atoms with E-state index < -0.39 is 0 Å². The van der Waals surface area contributed by atoms with Crippen LogP contribution in [0, 0.1) is 0 Å². The lowest BCUT2D eigenvalue weighted by molar-refractivity contribution is 0.771. The predicted molar refractivity (Wildman–Crippen MR) is 47.3 cm³/mol. The van der Waals surface area contributed by atoms with Gasteiger partial charge in [-0.1, -0.05) is 26.0 Å². The lowest BCUT2D eigenvalue weighted by Gasteiger charge is -1.95. The van der Waals surface area contributed by atoms with E-state index in [2.05, 4.69) is 23.7 Å². The molecule has 0 aliphatic carbocycles. The molecule has 2 nitrogen and oxygen atoms in total. The van der Waals surface area contributed by atoms with E-state index in [1.165, 1.54) is 18.5 Å². The van der Waals surface area contributed by atoms with Gasteiger partial charge in [0.1, 0.15) is 0 Å². The molecule has 0 radical (unpaired) electrons. The minimum absolute atomic E-state index is 1.08. The van der Waals surface area contributed by atoms with Gasteiger partial charge in [-0.15, -0.1) is 0 Å². The first-order valence-electron chi connectivity index (χ1n) is 4.03. The summed E-state index contributed by atoms with van der Waals surface area (Å²) in [5.74, 6) is 0. The quantitative estimate of drug-likeness (QED) is 0.701. The molecule has 1 rings (SSSR count). The highest BCUT2D eigenvalue weighted by molar-refractivity contribution is 5.48. The third-order valence-corrected chi connectivity index (χ3v) is 1.75. The van der Waals surface area contributed by atoms with E-state index in [0.717, 1.165) is 12.0 Å². The van der Waals surface area contributed by atoms with Crippen molar-refractivity contribution in [3.8, 4) is 0 Å². The van der Waals surface area contributed by atoms with Crippen molar-refractivity contribution in [2.24, 2.45) is 0 Å². The van der Waals surface area contributed by atoms with Gasteiger partial charge < -0.3 is 0 Å².